The Morgan fingerprint density at radius 2 is 2.29 bits per heavy atom. The van der Waals surface area contributed by atoms with E-state index in [0.717, 1.165) is 5.69 Å². The van der Waals surface area contributed by atoms with E-state index in [-0.39, 0.29) is 29.9 Å². The SMILES string of the molecule is COC(=O)/C=C/c1c[n+](C)cn1C.[I-]. The van der Waals surface area contributed by atoms with Crippen LogP contribution in [-0.4, -0.2) is 17.6 Å². The molecule has 1 rings (SSSR count). The fourth-order valence-electron chi connectivity index (χ4n) is 1.05. The largest absolute Gasteiger partial charge is 1.00 e. The number of halogens is 1. The molecule has 0 spiro atoms. The average Bonchev–Trinajstić information content (AvgIpc) is 2.41. The molecule has 1 heterocycles. The van der Waals surface area contributed by atoms with Gasteiger partial charge in [0.05, 0.1) is 21.2 Å². The lowest BCUT2D eigenvalue weighted by atomic mass is 10.4. The molecular formula is C9H13IN2O2. The molecule has 0 aliphatic rings. The van der Waals surface area contributed by atoms with Gasteiger partial charge in [0.1, 0.15) is 6.20 Å². The number of imidazole rings is 1. The number of rotatable bonds is 2. The summed E-state index contributed by atoms with van der Waals surface area (Å²) in [5, 5.41) is 0. The van der Waals surface area contributed by atoms with Crippen LogP contribution in [0.3, 0.4) is 0 Å². The van der Waals surface area contributed by atoms with Crippen molar-refractivity contribution in [1.82, 2.24) is 4.57 Å². The van der Waals surface area contributed by atoms with Crippen LogP contribution in [0.2, 0.25) is 0 Å². The van der Waals surface area contributed by atoms with Crippen molar-refractivity contribution < 1.29 is 38.1 Å². The Labute approximate surface area is 100 Å². The van der Waals surface area contributed by atoms with E-state index < -0.39 is 0 Å². The molecule has 0 saturated heterocycles. The van der Waals surface area contributed by atoms with E-state index in [1.807, 2.05) is 35.8 Å². The van der Waals surface area contributed by atoms with Crippen LogP contribution in [0.25, 0.3) is 6.08 Å². The predicted molar refractivity (Wildman–Crippen MR) is 47.6 cm³/mol. The lowest BCUT2D eigenvalue weighted by molar-refractivity contribution is -0.671. The third-order valence-electron chi connectivity index (χ3n) is 1.69. The fourth-order valence-corrected chi connectivity index (χ4v) is 1.05. The Kier molecular flexibility index (Phi) is 5.44. The summed E-state index contributed by atoms with van der Waals surface area (Å²) >= 11 is 0. The van der Waals surface area contributed by atoms with Crippen LogP contribution in [0.5, 0.6) is 0 Å². The summed E-state index contributed by atoms with van der Waals surface area (Å²) in [5.41, 5.74) is 0.952. The number of methoxy groups -OCH3 is 1. The first kappa shape index (κ1) is 13.2. The summed E-state index contributed by atoms with van der Waals surface area (Å²) in [6.07, 6.45) is 6.94. The highest BCUT2D eigenvalue weighted by Crippen LogP contribution is 1.97. The molecule has 0 fully saturated rings. The Bertz CT molecular complexity index is 345. The highest BCUT2D eigenvalue weighted by Gasteiger charge is 2.03. The first-order chi connectivity index (χ1) is 6.13. The van der Waals surface area contributed by atoms with E-state index in [1.54, 1.807) is 6.08 Å². The molecule has 0 aliphatic heterocycles. The summed E-state index contributed by atoms with van der Waals surface area (Å²) in [4.78, 5) is 10.8. The predicted octanol–water partition coefficient (Wildman–Crippen LogP) is -2.96. The molecule has 0 aliphatic carbocycles. The van der Waals surface area contributed by atoms with Gasteiger partial charge in [-0.25, -0.2) is 13.9 Å². The van der Waals surface area contributed by atoms with Crippen molar-refractivity contribution in [2.75, 3.05) is 7.11 Å². The summed E-state index contributed by atoms with van der Waals surface area (Å²) in [6.45, 7) is 0. The quantitative estimate of drug-likeness (QED) is 0.253. The highest BCUT2D eigenvalue weighted by molar-refractivity contribution is 5.86. The third kappa shape index (κ3) is 3.49. The Morgan fingerprint density at radius 1 is 1.64 bits per heavy atom. The molecule has 4 nitrogen and oxygen atoms in total. The Balaban J connectivity index is 0.00000169. The molecule has 1 aromatic heterocycles. The number of esters is 1. The van der Waals surface area contributed by atoms with E-state index in [9.17, 15) is 4.79 Å². The first-order valence-electron chi connectivity index (χ1n) is 3.91. The topological polar surface area (TPSA) is 35.1 Å². The summed E-state index contributed by atoms with van der Waals surface area (Å²) in [6, 6.07) is 0. The minimum atomic E-state index is -0.344. The highest BCUT2D eigenvalue weighted by atomic mass is 127. The minimum absolute atomic E-state index is 0. The zero-order chi connectivity index (χ0) is 9.84. The number of ether oxygens (including phenoxy) is 1. The van der Waals surface area contributed by atoms with Crippen LogP contribution in [0.4, 0.5) is 0 Å². The van der Waals surface area contributed by atoms with Crippen molar-refractivity contribution in [2.45, 2.75) is 0 Å². The summed E-state index contributed by atoms with van der Waals surface area (Å²) in [5.74, 6) is -0.344. The maximum atomic E-state index is 10.8. The van der Waals surface area contributed by atoms with E-state index in [0.29, 0.717) is 0 Å². The van der Waals surface area contributed by atoms with Crippen LogP contribution in [-0.2, 0) is 23.6 Å². The van der Waals surface area contributed by atoms with Gasteiger partial charge in [0.25, 0.3) is 0 Å². The second-order valence-electron chi connectivity index (χ2n) is 2.80. The van der Waals surface area contributed by atoms with E-state index in [1.165, 1.54) is 13.2 Å². The molecule has 78 valence electrons. The molecule has 0 amide bonds. The van der Waals surface area contributed by atoms with Gasteiger partial charge >= 0.3 is 5.97 Å². The van der Waals surface area contributed by atoms with Gasteiger partial charge in [-0.3, -0.25) is 0 Å². The summed E-state index contributed by atoms with van der Waals surface area (Å²) < 4.78 is 8.31. The van der Waals surface area contributed by atoms with E-state index >= 15 is 0 Å². The Morgan fingerprint density at radius 3 is 2.71 bits per heavy atom. The number of hydrogen-bond acceptors (Lipinski definition) is 2. The van der Waals surface area contributed by atoms with Gasteiger partial charge < -0.3 is 28.7 Å². The van der Waals surface area contributed by atoms with Crippen LogP contribution in [0.15, 0.2) is 18.6 Å². The summed E-state index contributed by atoms with van der Waals surface area (Å²) in [7, 11) is 5.20. The van der Waals surface area contributed by atoms with Crippen LogP contribution >= 0.6 is 0 Å². The van der Waals surface area contributed by atoms with Gasteiger partial charge in [-0.1, -0.05) is 0 Å². The number of aromatic nitrogens is 2. The van der Waals surface area contributed by atoms with Gasteiger partial charge in [0.15, 0.2) is 5.69 Å². The van der Waals surface area contributed by atoms with Gasteiger partial charge in [-0.15, -0.1) is 0 Å². The normalized spacial score (nSPS) is 9.93. The first-order valence-corrected chi connectivity index (χ1v) is 3.91. The lowest BCUT2D eigenvalue weighted by Crippen LogP contribution is -3.00. The number of carbonyl (C=O) groups is 1. The monoisotopic (exact) mass is 308 g/mol. The maximum Gasteiger partial charge on any atom is 0.330 e. The lowest BCUT2D eigenvalue weighted by Gasteiger charge is -1.88. The van der Waals surface area contributed by atoms with Crippen molar-refractivity contribution in [3.8, 4) is 0 Å². The minimum Gasteiger partial charge on any atom is -1.00 e. The van der Waals surface area contributed by atoms with Crippen LogP contribution in [0.1, 0.15) is 5.69 Å². The van der Waals surface area contributed by atoms with Crippen molar-refractivity contribution >= 4 is 12.0 Å². The maximum absolute atomic E-state index is 10.8. The van der Waals surface area contributed by atoms with Gasteiger partial charge in [0.2, 0.25) is 6.33 Å². The van der Waals surface area contributed by atoms with Crippen molar-refractivity contribution in [3.05, 3.63) is 24.3 Å². The third-order valence-corrected chi connectivity index (χ3v) is 1.69. The van der Waals surface area contributed by atoms with Crippen molar-refractivity contribution in [2.24, 2.45) is 14.1 Å². The Hall–Kier alpha value is -0.850. The molecule has 0 atom stereocenters. The number of carbonyl (C=O) groups excluding carboxylic acids is 1. The molecule has 0 radical (unpaired) electrons. The zero-order valence-corrected chi connectivity index (χ0v) is 10.6. The standard InChI is InChI=1S/C9H13N2O2.HI/c1-10-6-8(11(2)7-10)4-5-9(12)13-3;/h4-7H,1-3H3;1H/q+1;/p-1/b5-4+;. The molecule has 0 aromatic carbocycles. The molecule has 0 saturated carbocycles. The molecular weight excluding hydrogens is 295 g/mol. The number of nitrogens with zero attached hydrogens (tertiary/aromatic N) is 2. The van der Waals surface area contributed by atoms with Gasteiger partial charge in [-0.2, -0.15) is 0 Å². The molecule has 0 unspecified atom stereocenters. The fraction of sp³-hybridized carbons (Fsp3) is 0.333. The molecule has 1 aromatic rings. The molecule has 0 N–H and O–H groups in total. The average molecular weight is 308 g/mol. The molecule has 5 heteroatoms. The smallest absolute Gasteiger partial charge is 0.330 e. The van der Waals surface area contributed by atoms with Gasteiger partial charge in [0, 0.05) is 6.08 Å². The second-order valence-corrected chi connectivity index (χ2v) is 2.80. The van der Waals surface area contributed by atoms with Crippen molar-refractivity contribution in [3.63, 3.8) is 0 Å². The van der Waals surface area contributed by atoms with E-state index in [4.69, 9.17) is 0 Å². The van der Waals surface area contributed by atoms with Crippen LogP contribution in [0, 0.1) is 0 Å². The second kappa shape index (κ2) is 5.79. The van der Waals surface area contributed by atoms with Gasteiger partial charge in [-0.05, 0) is 6.08 Å². The zero-order valence-electron chi connectivity index (χ0n) is 8.40. The van der Waals surface area contributed by atoms with Crippen molar-refractivity contribution in [1.29, 1.82) is 0 Å². The number of hydrogen-bond donors (Lipinski definition) is 0. The molecule has 0 bridgehead atoms. The van der Waals surface area contributed by atoms with E-state index in [2.05, 4.69) is 4.74 Å². The molecule has 14 heavy (non-hydrogen) atoms. The number of aryl methyl sites for hydroxylation is 2. The van der Waals surface area contributed by atoms with Crippen LogP contribution < -0.4 is 28.5 Å².